The molecule has 8 nitrogen and oxygen atoms in total. The van der Waals surface area contributed by atoms with Gasteiger partial charge in [-0.2, -0.15) is 0 Å². The van der Waals surface area contributed by atoms with Crippen molar-refractivity contribution in [3.8, 4) is 5.75 Å². The van der Waals surface area contributed by atoms with E-state index in [1.54, 1.807) is 36.4 Å². The van der Waals surface area contributed by atoms with Crippen molar-refractivity contribution in [2.45, 2.75) is 57.5 Å². The minimum atomic E-state index is -4.20. The predicted octanol–water partition coefficient (Wildman–Crippen LogP) is 6.91. The zero-order chi connectivity index (χ0) is 33.8. The summed E-state index contributed by atoms with van der Waals surface area (Å²) in [6.07, 6.45) is 1.96. The highest BCUT2D eigenvalue weighted by atomic mass is 79.9. The molecule has 0 saturated carbocycles. The summed E-state index contributed by atoms with van der Waals surface area (Å²) < 4.78 is 35.9. The quantitative estimate of drug-likeness (QED) is 0.127. The molecule has 4 rings (SSSR count). The van der Waals surface area contributed by atoms with E-state index in [-0.39, 0.29) is 23.8 Å². The molecule has 4 aromatic carbocycles. The summed E-state index contributed by atoms with van der Waals surface area (Å²) in [5.41, 5.74) is 3.01. The Balaban J connectivity index is 1.80. The molecule has 0 spiro atoms. The molecular formula is C37H42BrN3O5S. The molecule has 248 valence electrons. The van der Waals surface area contributed by atoms with Crippen LogP contribution < -0.4 is 14.4 Å². The van der Waals surface area contributed by atoms with Gasteiger partial charge in [0.05, 0.1) is 17.2 Å². The number of hydrogen-bond donors (Lipinski definition) is 1. The van der Waals surface area contributed by atoms with Crippen molar-refractivity contribution in [3.05, 3.63) is 124 Å². The summed E-state index contributed by atoms with van der Waals surface area (Å²) in [4.78, 5) is 30.1. The van der Waals surface area contributed by atoms with E-state index in [0.29, 0.717) is 24.6 Å². The van der Waals surface area contributed by atoms with Crippen LogP contribution in [0.2, 0.25) is 0 Å². The SMILES string of the molecule is CCCCNC(=O)C(Cc1ccccc1)N(Cc1ccccc1C)C(=O)CN(c1ccc(OCC)cc1)S(=O)(=O)c1ccc(Br)cc1. The Hall–Kier alpha value is -4.15. The lowest BCUT2D eigenvalue weighted by Crippen LogP contribution is -2.53. The molecule has 2 amide bonds. The van der Waals surface area contributed by atoms with E-state index in [1.165, 1.54) is 17.0 Å². The van der Waals surface area contributed by atoms with Crippen LogP contribution in [0.15, 0.2) is 112 Å². The van der Waals surface area contributed by atoms with Crippen molar-refractivity contribution in [1.82, 2.24) is 10.2 Å². The third-order valence-corrected chi connectivity index (χ3v) is 10.1. The summed E-state index contributed by atoms with van der Waals surface area (Å²) in [5.74, 6) is -0.210. The minimum Gasteiger partial charge on any atom is -0.494 e. The van der Waals surface area contributed by atoms with Crippen LogP contribution in [0.4, 0.5) is 5.69 Å². The third-order valence-electron chi connectivity index (χ3n) is 7.82. The number of aryl methyl sites for hydroxylation is 1. The first kappa shape index (κ1) is 35.7. The number of nitrogens with one attached hydrogen (secondary N) is 1. The Kier molecular flexibility index (Phi) is 13.0. The second-order valence-corrected chi connectivity index (χ2v) is 14.0. The van der Waals surface area contributed by atoms with E-state index in [1.807, 2.05) is 75.4 Å². The molecule has 0 saturated heterocycles. The molecule has 1 N–H and O–H groups in total. The molecule has 0 fully saturated rings. The highest BCUT2D eigenvalue weighted by molar-refractivity contribution is 9.10. The van der Waals surface area contributed by atoms with Gasteiger partial charge in [0.1, 0.15) is 18.3 Å². The van der Waals surface area contributed by atoms with Gasteiger partial charge in [0.15, 0.2) is 0 Å². The number of rotatable bonds is 16. The lowest BCUT2D eigenvalue weighted by atomic mass is 10.0. The predicted molar refractivity (Wildman–Crippen MR) is 190 cm³/mol. The largest absolute Gasteiger partial charge is 0.494 e. The second-order valence-electron chi connectivity index (χ2n) is 11.2. The Morgan fingerprint density at radius 3 is 2.17 bits per heavy atom. The Bertz CT molecular complexity index is 1720. The molecule has 0 aromatic heterocycles. The van der Waals surface area contributed by atoms with Crippen molar-refractivity contribution in [2.75, 3.05) is 24.0 Å². The van der Waals surface area contributed by atoms with E-state index < -0.39 is 28.5 Å². The summed E-state index contributed by atoms with van der Waals surface area (Å²) in [7, 11) is -4.20. The number of carbonyl (C=O) groups is 2. The van der Waals surface area contributed by atoms with Crippen LogP contribution in [0.25, 0.3) is 0 Å². The second kappa shape index (κ2) is 17.1. The molecule has 0 aliphatic heterocycles. The fraction of sp³-hybridized carbons (Fsp3) is 0.297. The molecule has 0 heterocycles. The van der Waals surface area contributed by atoms with Crippen LogP contribution in [0.3, 0.4) is 0 Å². The molecule has 0 aliphatic carbocycles. The number of amides is 2. The fourth-order valence-electron chi connectivity index (χ4n) is 5.17. The highest BCUT2D eigenvalue weighted by Crippen LogP contribution is 2.28. The average molecular weight is 721 g/mol. The van der Waals surface area contributed by atoms with Gasteiger partial charge < -0.3 is 15.0 Å². The van der Waals surface area contributed by atoms with Gasteiger partial charge in [-0.1, -0.05) is 83.9 Å². The zero-order valence-corrected chi connectivity index (χ0v) is 29.5. The summed E-state index contributed by atoms with van der Waals surface area (Å²) in [6, 6.07) is 29.2. The van der Waals surface area contributed by atoms with Gasteiger partial charge in [-0.25, -0.2) is 8.42 Å². The average Bonchev–Trinajstić information content (AvgIpc) is 3.07. The first-order valence-electron chi connectivity index (χ1n) is 15.8. The monoisotopic (exact) mass is 719 g/mol. The van der Waals surface area contributed by atoms with Gasteiger partial charge in [0.2, 0.25) is 11.8 Å². The number of anilines is 1. The van der Waals surface area contributed by atoms with E-state index in [9.17, 15) is 18.0 Å². The fourth-order valence-corrected chi connectivity index (χ4v) is 6.85. The molecule has 10 heteroatoms. The maximum atomic E-state index is 14.6. The topological polar surface area (TPSA) is 96.0 Å². The molecular weight excluding hydrogens is 678 g/mol. The normalized spacial score (nSPS) is 11.8. The van der Waals surface area contributed by atoms with Crippen LogP contribution in [-0.2, 0) is 32.6 Å². The molecule has 47 heavy (non-hydrogen) atoms. The smallest absolute Gasteiger partial charge is 0.264 e. The number of sulfonamides is 1. The van der Waals surface area contributed by atoms with Gasteiger partial charge in [0, 0.05) is 24.0 Å². The van der Waals surface area contributed by atoms with E-state index in [0.717, 1.165) is 38.3 Å². The summed E-state index contributed by atoms with van der Waals surface area (Å²) >= 11 is 3.37. The van der Waals surface area contributed by atoms with Gasteiger partial charge in [0.25, 0.3) is 10.0 Å². The van der Waals surface area contributed by atoms with Crippen molar-refractivity contribution in [2.24, 2.45) is 0 Å². The van der Waals surface area contributed by atoms with Crippen molar-refractivity contribution in [3.63, 3.8) is 0 Å². The zero-order valence-electron chi connectivity index (χ0n) is 27.1. The van der Waals surface area contributed by atoms with E-state index in [2.05, 4.69) is 21.2 Å². The molecule has 0 aliphatic rings. The van der Waals surface area contributed by atoms with Crippen molar-refractivity contribution >= 4 is 43.5 Å². The standard InChI is InChI=1S/C37H42BrN3O5S/c1-4-6-24-39-37(43)35(25-29-13-8-7-9-14-29)40(26-30-15-11-10-12-28(30)3)36(42)27-41(32-18-20-33(21-19-32)46-5-2)47(44,45)34-22-16-31(38)17-23-34/h7-23,35H,4-6,24-27H2,1-3H3,(H,39,43). The molecule has 0 radical (unpaired) electrons. The number of ether oxygens (including phenoxy) is 1. The summed E-state index contributed by atoms with van der Waals surface area (Å²) in [6.45, 7) is 6.40. The number of carbonyl (C=O) groups excluding carboxylic acids is 2. The number of halogens is 1. The Morgan fingerprint density at radius 2 is 1.53 bits per heavy atom. The Morgan fingerprint density at radius 1 is 0.872 bits per heavy atom. The number of hydrogen-bond acceptors (Lipinski definition) is 5. The third kappa shape index (κ3) is 9.68. The van der Waals surface area contributed by atoms with Crippen molar-refractivity contribution in [1.29, 1.82) is 0 Å². The van der Waals surface area contributed by atoms with Crippen LogP contribution >= 0.6 is 15.9 Å². The first-order chi connectivity index (χ1) is 22.6. The molecule has 0 bridgehead atoms. The number of nitrogens with zero attached hydrogens (tertiary/aromatic N) is 2. The van der Waals surface area contributed by atoms with Crippen LogP contribution in [-0.4, -0.2) is 50.9 Å². The number of benzene rings is 4. The van der Waals surface area contributed by atoms with Gasteiger partial charge in [-0.3, -0.25) is 13.9 Å². The van der Waals surface area contributed by atoms with Crippen molar-refractivity contribution < 1.29 is 22.7 Å². The number of unbranched alkanes of at least 4 members (excludes halogenated alkanes) is 1. The lowest BCUT2D eigenvalue weighted by molar-refractivity contribution is -0.140. The van der Waals surface area contributed by atoms with Gasteiger partial charge in [-0.05, 0) is 85.5 Å². The van der Waals surface area contributed by atoms with Crippen LogP contribution in [0, 0.1) is 6.92 Å². The molecule has 1 atom stereocenters. The molecule has 1 unspecified atom stereocenters. The van der Waals surface area contributed by atoms with E-state index in [4.69, 9.17) is 4.74 Å². The lowest BCUT2D eigenvalue weighted by Gasteiger charge is -2.34. The maximum Gasteiger partial charge on any atom is 0.264 e. The molecule has 4 aromatic rings. The van der Waals surface area contributed by atoms with E-state index >= 15 is 0 Å². The van der Waals surface area contributed by atoms with Crippen LogP contribution in [0.1, 0.15) is 43.4 Å². The minimum absolute atomic E-state index is 0.0333. The van der Waals surface area contributed by atoms with Gasteiger partial charge >= 0.3 is 0 Å². The maximum absolute atomic E-state index is 14.6. The van der Waals surface area contributed by atoms with Gasteiger partial charge in [-0.15, -0.1) is 0 Å². The highest BCUT2D eigenvalue weighted by Gasteiger charge is 2.34. The summed E-state index contributed by atoms with van der Waals surface area (Å²) in [5, 5.41) is 3.02. The van der Waals surface area contributed by atoms with Crippen LogP contribution in [0.5, 0.6) is 5.75 Å². The first-order valence-corrected chi connectivity index (χ1v) is 18.0. The Labute approximate surface area is 286 Å².